The summed E-state index contributed by atoms with van der Waals surface area (Å²) in [5.74, 6) is -2.57. The van der Waals surface area contributed by atoms with E-state index in [2.05, 4.69) is 0 Å². The molecular formula is C22H26O8S. The third kappa shape index (κ3) is 5.97. The number of rotatable bonds is 8. The van der Waals surface area contributed by atoms with E-state index in [9.17, 15) is 28.2 Å². The average molecular weight is 451 g/mol. The molecule has 168 valence electrons. The van der Waals surface area contributed by atoms with Crippen LogP contribution in [0.3, 0.4) is 0 Å². The number of phenolic OH excluding ortho intramolecular Hbond substituents is 2. The molecular weight excluding hydrogens is 424 g/mol. The molecule has 0 aliphatic rings. The third-order valence-electron chi connectivity index (χ3n) is 4.07. The van der Waals surface area contributed by atoms with E-state index in [1.807, 2.05) is 27.7 Å². The van der Waals surface area contributed by atoms with Gasteiger partial charge in [0, 0.05) is 0 Å². The van der Waals surface area contributed by atoms with Crippen molar-refractivity contribution in [3.8, 4) is 11.5 Å². The van der Waals surface area contributed by atoms with Crippen LogP contribution < -0.4 is 0 Å². The van der Waals surface area contributed by atoms with Crippen LogP contribution in [0, 0.1) is 11.8 Å². The van der Waals surface area contributed by atoms with Crippen LogP contribution in [0.2, 0.25) is 0 Å². The minimum Gasteiger partial charge on any atom is -0.507 e. The lowest BCUT2D eigenvalue weighted by Gasteiger charge is -2.12. The SMILES string of the molecule is CC(C)COC(=O)c1ccc(O)c(S(=O)(=O)c2cc(C(=O)OCC(C)C)ccc2O)c1. The Balaban J connectivity index is 2.45. The van der Waals surface area contributed by atoms with E-state index in [1.54, 1.807) is 0 Å². The molecule has 0 bridgehead atoms. The van der Waals surface area contributed by atoms with Gasteiger partial charge in [0.25, 0.3) is 0 Å². The summed E-state index contributed by atoms with van der Waals surface area (Å²) in [6, 6.07) is 6.51. The third-order valence-corrected chi connectivity index (χ3v) is 5.88. The molecule has 2 rings (SSSR count). The summed E-state index contributed by atoms with van der Waals surface area (Å²) < 4.78 is 36.5. The average Bonchev–Trinajstić information content (AvgIpc) is 2.70. The molecule has 8 nitrogen and oxygen atoms in total. The Kier molecular flexibility index (Phi) is 7.67. The second kappa shape index (κ2) is 9.82. The van der Waals surface area contributed by atoms with Crippen LogP contribution in [0.1, 0.15) is 48.4 Å². The Morgan fingerprint density at radius 2 is 1.13 bits per heavy atom. The highest BCUT2D eigenvalue weighted by molar-refractivity contribution is 7.91. The Morgan fingerprint density at radius 1 is 0.774 bits per heavy atom. The number of esters is 2. The van der Waals surface area contributed by atoms with Crippen molar-refractivity contribution >= 4 is 21.8 Å². The second-order valence-electron chi connectivity index (χ2n) is 7.85. The van der Waals surface area contributed by atoms with Crippen molar-refractivity contribution in [1.29, 1.82) is 0 Å². The molecule has 0 aromatic heterocycles. The van der Waals surface area contributed by atoms with Crippen molar-refractivity contribution in [2.75, 3.05) is 13.2 Å². The highest BCUT2D eigenvalue weighted by Crippen LogP contribution is 2.34. The first-order valence-electron chi connectivity index (χ1n) is 9.68. The summed E-state index contributed by atoms with van der Waals surface area (Å²) in [7, 11) is -4.49. The number of aromatic hydroxyl groups is 2. The molecule has 0 fully saturated rings. The van der Waals surface area contributed by atoms with E-state index in [0.717, 1.165) is 24.3 Å². The van der Waals surface area contributed by atoms with Gasteiger partial charge in [-0.2, -0.15) is 0 Å². The molecule has 0 aliphatic carbocycles. The van der Waals surface area contributed by atoms with Crippen molar-refractivity contribution in [3.05, 3.63) is 47.5 Å². The maximum absolute atomic E-state index is 13.1. The van der Waals surface area contributed by atoms with Gasteiger partial charge in [-0.05, 0) is 48.2 Å². The van der Waals surface area contributed by atoms with Gasteiger partial charge in [0.1, 0.15) is 21.3 Å². The minimum atomic E-state index is -4.49. The monoisotopic (exact) mass is 450 g/mol. The first kappa shape index (κ1) is 24.2. The van der Waals surface area contributed by atoms with Gasteiger partial charge in [-0.1, -0.05) is 27.7 Å². The van der Waals surface area contributed by atoms with E-state index < -0.39 is 43.1 Å². The number of hydrogen-bond donors (Lipinski definition) is 2. The van der Waals surface area contributed by atoms with Crippen molar-refractivity contribution in [1.82, 2.24) is 0 Å². The van der Waals surface area contributed by atoms with Gasteiger partial charge in [0.15, 0.2) is 0 Å². The molecule has 0 amide bonds. The first-order chi connectivity index (χ1) is 14.4. The van der Waals surface area contributed by atoms with E-state index in [1.165, 1.54) is 12.1 Å². The minimum absolute atomic E-state index is 0.0796. The number of carbonyl (C=O) groups is 2. The fraction of sp³-hybridized carbons (Fsp3) is 0.364. The summed E-state index contributed by atoms with van der Waals surface area (Å²) in [5, 5.41) is 20.3. The Hall–Kier alpha value is -3.07. The Morgan fingerprint density at radius 3 is 1.45 bits per heavy atom. The second-order valence-corrected chi connectivity index (χ2v) is 9.74. The van der Waals surface area contributed by atoms with Crippen molar-refractivity contribution < 1.29 is 37.7 Å². The summed E-state index contributed by atoms with van der Waals surface area (Å²) >= 11 is 0. The summed E-state index contributed by atoms with van der Waals surface area (Å²) in [5.41, 5.74) is -0.159. The van der Waals surface area contributed by atoms with Gasteiger partial charge in [0.2, 0.25) is 9.84 Å². The van der Waals surface area contributed by atoms with Gasteiger partial charge < -0.3 is 19.7 Å². The van der Waals surface area contributed by atoms with Crippen LogP contribution in [0.5, 0.6) is 11.5 Å². The predicted octanol–water partition coefficient (Wildman–Crippen LogP) is 3.56. The molecule has 2 aromatic rings. The molecule has 0 radical (unpaired) electrons. The number of carbonyl (C=O) groups excluding carboxylic acids is 2. The largest absolute Gasteiger partial charge is 0.507 e. The molecule has 0 atom stereocenters. The van der Waals surface area contributed by atoms with Crippen LogP contribution in [0.15, 0.2) is 46.2 Å². The van der Waals surface area contributed by atoms with Crippen LogP contribution in [-0.4, -0.2) is 43.8 Å². The number of sulfone groups is 1. The van der Waals surface area contributed by atoms with E-state index in [-0.39, 0.29) is 36.2 Å². The normalized spacial score (nSPS) is 11.5. The lowest BCUT2D eigenvalue weighted by atomic mass is 10.2. The van der Waals surface area contributed by atoms with Crippen molar-refractivity contribution in [2.24, 2.45) is 11.8 Å². The molecule has 0 heterocycles. The lowest BCUT2D eigenvalue weighted by molar-refractivity contribution is 0.0450. The topological polar surface area (TPSA) is 127 Å². The molecule has 0 saturated heterocycles. The van der Waals surface area contributed by atoms with E-state index >= 15 is 0 Å². The summed E-state index contributed by atoms with van der Waals surface area (Å²) in [4.78, 5) is 23.2. The zero-order valence-electron chi connectivity index (χ0n) is 17.8. The predicted molar refractivity (Wildman–Crippen MR) is 112 cm³/mol. The van der Waals surface area contributed by atoms with E-state index in [0.29, 0.717) is 0 Å². The highest BCUT2D eigenvalue weighted by atomic mass is 32.2. The zero-order valence-corrected chi connectivity index (χ0v) is 18.6. The van der Waals surface area contributed by atoms with Crippen LogP contribution in [0.4, 0.5) is 0 Å². The fourth-order valence-corrected chi connectivity index (χ4v) is 3.97. The van der Waals surface area contributed by atoms with Gasteiger partial charge >= 0.3 is 11.9 Å². The maximum atomic E-state index is 13.1. The number of phenols is 2. The molecule has 0 aliphatic heterocycles. The fourth-order valence-electron chi connectivity index (χ4n) is 2.48. The molecule has 31 heavy (non-hydrogen) atoms. The standard InChI is InChI=1S/C22H26O8S/c1-13(2)11-29-21(25)15-5-7-17(23)19(9-15)31(27,28)20-10-16(6-8-18(20)24)22(26)30-12-14(3)4/h5-10,13-14,23-24H,11-12H2,1-4H3. The highest BCUT2D eigenvalue weighted by Gasteiger charge is 2.28. The Labute approximate surface area is 181 Å². The number of ether oxygens (including phenoxy) is 2. The van der Waals surface area contributed by atoms with Crippen molar-refractivity contribution in [3.63, 3.8) is 0 Å². The van der Waals surface area contributed by atoms with Crippen LogP contribution >= 0.6 is 0 Å². The van der Waals surface area contributed by atoms with Gasteiger partial charge in [0.05, 0.1) is 24.3 Å². The molecule has 0 unspecified atom stereocenters. The van der Waals surface area contributed by atoms with Crippen molar-refractivity contribution in [2.45, 2.75) is 37.5 Å². The lowest BCUT2D eigenvalue weighted by Crippen LogP contribution is -2.12. The molecule has 0 saturated carbocycles. The molecule has 0 spiro atoms. The van der Waals surface area contributed by atoms with Gasteiger partial charge in [-0.3, -0.25) is 0 Å². The number of benzene rings is 2. The maximum Gasteiger partial charge on any atom is 0.338 e. The Bertz CT molecular complexity index is 991. The van der Waals surface area contributed by atoms with Gasteiger partial charge in [-0.25, -0.2) is 18.0 Å². The summed E-state index contributed by atoms with van der Waals surface area (Å²) in [6.07, 6.45) is 0. The summed E-state index contributed by atoms with van der Waals surface area (Å²) in [6.45, 7) is 7.68. The van der Waals surface area contributed by atoms with Gasteiger partial charge in [-0.15, -0.1) is 0 Å². The molecule has 9 heteroatoms. The molecule has 2 N–H and O–H groups in total. The number of hydrogen-bond acceptors (Lipinski definition) is 8. The smallest absolute Gasteiger partial charge is 0.338 e. The quantitative estimate of drug-likeness (QED) is 0.585. The van der Waals surface area contributed by atoms with Crippen LogP contribution in [-0.2, 0) is 19.3 Å². The first-order valence-corrected chi connectivity index (χ1v) is 11.2. The van der Waals surface area contributed by atoms with E-state index in [4.69, 9.17) is 9.47 Å². The molecule has 2 aromatic carbocycles. The van der Waals surface area contributed by atoms with Crippen LogP contribution in [0.25, 0.3) is 0 Å². The zero-order chi connectivity index (χ0) is 23.3.